The number of hydrogen-bond acceptors (Lipinski definition) is 5. The van der Waals surface area contributed by atoms with Gasteiger partial charge in [0.15, 0.2) is 5.69 Å². The fourth-order valence-electron chi connectivity index (χ4n) is 2.24. The minimum Gasteiger partial charge on any atom is -0.354 e. The molecule has 2 aromatic rings. The van der Waals surface area contributed by atoms with Crippen molar-refractivity contribution in [3.8, 4) is 0 Å². The van der Waals surface area contributed by atoms with Crippen molar-refractivity contribution in [1.82, 2.24) is 14.9 Å². The fourth-order valence-corrected chi connectivity index (χ4v) is 2.24. The predicted octanol–water partition coefficient (Wildman–Crippen LogP) is 4.05. The first-order valence-corrected chi connectivity index (χ1v) is 8.03. The number of aryl methyl sites for hydroxylation is 1. The monoisotopic (exact) mass is 371 g/mol. The highest BCUT2D eigenvalue weighted by Crippen LogP contribution is 2.31. The molecule has 0 bridgehead atoms. The van der Waals surface area contributed by atoms with Crippen molar-refractivity contribution in [1.29, 1.82) is 0 Å². The molecule has 0 fully saturated rings. The van der Waals surface area contributed by atoms with Crippen LogP contribution in [0.1, 0.15) is 17.7 Å². The lowest BCUT2D eigenvalue weighted by atomic mass is 10.2. The quantitative estimate of drug-likeness (QED) is 0.568. The average molecular weight is 371 g/mol. The average Bonchev–Trinajstić information content (AvgIpc) is 2.53. The van der Waals surface area contributed by atoms with Gasteiger partial charge in [0.25, 0.3) is 0 Å². The van der Waals surface area contributed by atoms with Crippen LogP contribution in [0.3, 0.4) is 0 Å². The maximum atomic E-state index is 13.2. The van der Waals surface area contributed by atoms with E-state index in [-0.39, 0.29) is 11.8 Å². The first-order chi connectivity index (χ1) is 12.1. The number of anilines is 3. The van der Waals surface area contributed by atoms with Crippen molar-refractivity contribution in [3.05, 3.63) is 41.3 Å². The number of nitrogens with one attached hydrogen (secondary N) is 2. The van der Waals surface area contributed by atoms with E-state index in [2.05, 4.69) is 20.6 Å². The van der Waals surface area contributed by atoms with Crippen molar-refractivity contribution in [2.45, 2.75) is 19.5 Å². The molecule has 2 N–H and O–H groups in total. The Morgan fingerprint density at radius 1 is 1.12 bits per heavy atom. The zero-order valence-electron chi connectivity index (χ0n) is 14.8. The van der Waals surface area contributed by atoms with E-state index < -0.39 is 17.7 Å². The molecule has 0 unspecified atom stereocenters. The van der Waals surface area contributed by atoms with E-state index in [0.29, 0.717) is 17.8 Å². The van der Waals surface area contributed by atoms with Crippen molar-refractivity contribution < 1.29 is 17.6 Å². The number of hydrogen-bond donors (Lipinski definition) is 2. The van der Waals surface area contributed by atoms with Crippen molar-refractivity contribution in [3.63, 3.8) is 0 Å². The van der Waals surface area contributed by atoms with Crippen LogP contribution in [-0.2, 0) is 6.18 Å². The third kappa shape index (κ3) is 5.83. The van der Waals surface area contributed by atoms with Gasteiger partial charge in [0, 0.05) is 18.3 Å². The van der Waals surface area contributed by atoms with Crippen LogP contribution in [-0.4, -0.2) is 42.1 Å². The van der Waals surface area contributed by atoms with Crippen LogP contribution in [0.5, 0.6) is 0 Å². The van der Waals surface area contributed by atoms with E-state index in [9.17, 15) is 17.6 Å². The van der Waals surface area contributed by atoms with Gasteiger partial charge in [-0.05, 0) is 57.7 Å². The first kappa shape index (κ1) is 19.9. The van der Waals surface area contributed by atoms with Gasteiger partial charge in [0.1, 0.15) is 11.6 Å². The van der Waals surface area contributed by atoms with Crippen LogP contribution < -0.4 is 10.6 Å². The Morgan fingerprint density at radius 3 is 2.46 bits per heavy atom. The third-order valence-corrected chi connectivity index (χ3v) is 3.53. The molecule has 1 heterocycles. The molecule has 1 aromatic heterocycles. The first-order valence-electron chi connectivity index (χ1n) is 8.03. The van der Waals surface area contributed by atoms with Crippen LogP contribution in [0.4, 0.5) is 35.0 Å². The number of nitrogens with zero attached hydrogens (tertiary/aromatic N) is 3. The summed E-state index contributed by atoms with van der Waals surface area (Å²) in [5.74, 6) is -0.548. The van der Waals surface area contributed by atoms with E-state index in [1.165, 1.54) is 18.2 Å². The zero-order valence-corrected chi connectivity index (χ0v) is 14.8. The van der Waals surface area contributed by atoms with Gasteiger partial charge in [-0.15, -0.1) is 0 Å². The normalized spacial score (nSPS) is 11.7. The minimum absolute atomic E-state index is 0.0165. The molecule has 26 heavy (non-hydrogen) atoms. The predicted molar refractivity (Wildman–Crippen MR) is 93.1 cm³/mol. The molecule has 0 aliphatic heterocycles. The Balaban J connectivity index is 2.22. The second kappa shape index (κ2) is 8.31. The molecule has 5 nitrogen and oxygen atoms in total. The van der Waals surface area contributed by atoms with Crippen molar-refractivity contribution >= 4 is 17.5 Å². The van der Waals surface area contributed by atoms with Crippen LogP contribution in [0.2, 0.25) is 0 Å². The van der Waals surface area contributed by atoms with Crippen LogP contribution in [0.25, 0.3) is 0 Å². The second-order valence-electron chi connectivity index (χ2n) is 6.13. The topological polar surface area (TPSA) is 53.1 Å². The molecule has 0 amide bonds. The number of halogens is 4. The minimum atomic E-state index is -4.60. The van der Waals surface area contributed by atoms with Crippen molar-refractivity contribution in [2.24, 2.45) is 0 Å². The highest BCUT2D eigenvalue weighted by Gasteiger charge is 2.33. The van der Waals surface area contributed by atoms with E-state index in [0.717, 1.165) is 19.0 Å². The summed E-state index contributed by atoms with van der Waals surface area (Å²) in [6.45, 7) is 2.87. The summed E-state index contributed by atoms with van der Waals surface area (Å²) in [7, 11) is 3.82. The lowest BCUT2D eigenvalue weighted by Crippen LogP contribution is -2.18. The number of benzene rings is 1. The standard InChI is InChI=1S/C17H21F4N5/c1-11-9-12(18)5-6-13(11)23-15-10-14(17(19,20)21)24-16(25-15)22-7-4-8-26(2)3/h5-6,9-10H,4,7-8H2,1-3H3,(H2,22,23,24,25). The van der Waals surface area contributed by atoms with Gasteiger partial charge < -0.3 is 15.5 Å². The molecule has 0 saturated heterocycles. The molecule has 0 radical (unpaired) electrons. The van der Waals surface area contributed by atoms with Gasteiger partial charge in [0.05, 0.1) is 0 Å². The maximum Gasteiger partial charge on any atom is 0.433 e. The largest absolute Gasteiger partial charge is 0.433 e. The summed E-state index contributed by atoms with van der Waals surface area (Å²) in [4.78, 5) is 9.59. The SMILES string of the molecule is Cc1cc(F)ccc1Nc1cc(C(F)(F)F)nc(NCCCN(C)C)n1. The van der Waals surface area contributed by atoms with Gasteiger partial charge in [-0.3, -0.25) is 0 Å². The molecule has 0 atom stereocenters. The highest BCUT2D eigenvalue weighted by molar-refractivity contribution is 5.61. The zero-order chi connectivity index (χ0) is 19.3. The molecule has 2 rings (SSSR count). The van der Waals surface area contributed by atoms with Crippen LogP contribution in [0.15, 0.2) is 24.3 Å². The Bertz CT molecular complexity index is 746. The van der Waals surface area contributed by atoms with Crippen molar-refractivity contribution in [2.75, 3.05) is 37.8 Å². The molecule has 0 aliphatic carbocycles. The summed E-state index contributed by atoms with van der Waals surface area (Å²) >= 11 is 0. The summed E-state index contributed by atoms with van der Waals surface area (Å²) in [6, 6.07) is 4.79. The number of rotatable bonds is 7. The fraction of sp³-hybridized carbons (Fsp3) is 0.412. The Kier molecular flexibility index (Phi) is 6.36. The Morgan fingerprint density at radius 2 is 1.85 bits per heavy atom. The van der Waals surface area contributed by atoms with Crippen LogP contribution in [0, 0.1) is 12.7 Å². The molecule has 0 spiro atoms. The summed E-state index contributed by atoms with van der Waals surface area (Å²) in [5, 5.41) is 5.61. The lowest BCUT2D eigenvalue weighted by Gasteiger charge is -2.14. The molecular formula is C17H21F4N5. The Hall–Kier alpha value is -2.42. The lowest BCUT2D eigenvalue weighted by molar-refractivity contribution is -0.141. The maximum absolute atomic E-state index is 13.2. The van der Waals surface area contributed by atoms with Gasteiger partial charge in [-0.1, -0.05) is 0 Å². The smallest absolute Gasteiger partial charge is 0.354 e. The highest BCUT2D eigenvalue weighted by atomic mass is 19.4. The van der Waals surface area contributed by atoms with E-state index >= 15 is 0 Å². The summed E-state index contributed by atoms with van der Waals surface area (Å²) < 4.78 is 52.5. The van der Waals surface area contributed by atoms with E-state index in [1.807, 2.05) is 19.0 Å². The summed E-state index contributed by atoms with van der Waals surface area (Å²) in [6.07, 6.45) is -3.87. The van der Waals surface area contributed by atoms with E-state index in [4.69, 9.17) is 0 Å². The molecular weight excluding hydrogens is 350 g/mol. The van der Waals surface area contributed by atoms with Crippen LogP contribution >= 0.6 is 0 Å². The number of aromatic nitrogens is 2. The van der Waals surface area contributed by atoms with Gasteiger partial charge in [0.2, 0.25) is 5.95 Å². The second-order valence-corrected chi connectivity index (χ2v) is 6.13. The molecule has 0 aliphatic rings. The molecule has 9 heteroatoms. The van der Waals surface area contributed by atoms with Gasteiger partial charge in [-0.25, -0.2) is 9.37 Å². The molecule has 0 saturated carbocycles. The Labute approximate surface area is 149 Å². The van der Waals surface area contributed by atoms with Gasteiger partial charge in [-0.2, -0.15) is 18.2 Å². The molecule has 1 aromatic carbocycles. The third-order valence-electron chi connectivity index (χ3n) is 3.53. The number of alkyl halides is 3. The van der Waals surface area contributed by atoms with Gasteiger partial charge >= 0.3 is 6.18 Å². The molecule has 142 valence electrons. The van der Waals surface area contributed by atoms with E-state index in [1.54, 1.807) is 6.92 Å². The summed E-state index contributed by atoms with van der Waals surface area (Å²) in [5.41, 5.74) is -0.0284.